The molecule has 2 amide bonds. The number of halogens is 2. The van der Waals surface area contributed by atoms with E-state index in [2.05, 4.69) is 11.1 Å². The molecule has 188 valence electrons. The van der Waals surface area contributed by atoms with E-state index in [9.17, 15) is 23.6 Å². The summed E-state index contributed by atoms with van der Waals surface area (Å²) in [5, 5.41) is 9.99. The number of rotatable bonds is 3. The standard InChI is InChI=1S/C26H26F2N4O4/c1-14-10-32(24(34)35-14)16-7-19(27)22(20(28)8-16)15-5-6-21(30-9-15)26(13-29)17-11-31(12-18(17)26)23(33)36-25(2,3)4/h5-9,14,17-18H,10-12H2,1-4H3/t14-,17-,18+,26?/m0/s1. The SMILES string of the molecule is C[C@H]1CN(c2cc(F)c(-c3ccc(C4(C#N)[C@@H]5CN(C(=O)OC(C)(C)C)C[C@@H]54)nc3)c(F)c2)C(=O)O1. The van der Waals surface area contributed by atoms with Gasteiger partial charge in [-0.25, -0.2) is 18.4 Å². The fourth-order valence-electron chi connectivity index (χ4n) is 5.30. The van der Waals surface area contributed by atoms with Gasteiger partial charge in [0.25, 0.3) is 0 Å². The van der Waals surface area contributed by atoms with E-state index in [0.717, 1.165) is 12.1 Å². The fraction of sp³-hybridized carbons (Fsp3) is 0.462. The molecule has 1 aliphatic carbocycles. The minimum Gasteiger partial charge on any atom is -0.444 e. The zero-order chi connectivity index (χ0) is 26.0. The van der Waals surface area contributed by atoms with Gasteiger partial charge in [-0.2, -0.15) is 5.26 Å². The number of fused-ring (bicyclic) bond motifs is 1. The summed E-state index contributed by atoms with van der Waals surface area (Å²) in [6.45, 7) is 8.07. The number of amides is 2. The number of nitrogens with zero attached hydrogens (tertiary/aromatic N) is 4. The normalized spacial score (nSPS) is 26.9. The molecular weight excluding hydrogens is 470 g/mol. The first-order valence-electron chi connectivity index (χ1n) is 11.8. The second-order valence-corrected chi connectivity index (χ2v) is 10.6. The number of anilines is 1. The number of cyclic esters (lactones) is 1. The Kier molecular flexibility index (Phi) is 5.43. The number of aromatic nitrogens is 1. The Hall–Kier alpha value is -3.74. The molecule has 36 heavy (non-hydrogen) atoms. The average molecular weight is 497 g/mol. The number of piperidine rings is 1. The van der Waals surface area contributed by atoms with Gasteiger partial charge in [-0.15, -0.1) is 0 Å². The summed E-state index contributed by atoms with van der Waals surface area (Å²) >= 11 is 0. The lowest BCUT2D eigenvalue weighted by Crippen LogP contribution is -2.39. The van der Waals surface area contributed by atoms with E-state index < -0.39 is 34.8 Å². The van der Waals surface area contributed by atoms with Crippen LogP contribution in [-0.4, -0.2) is 53.4 Å². The Balaban J connectivity index is 1.34. The van der Waals surface area contributed by atoms with E-state index >= 15 is 0 Å². The molecule has 2 saturated heterocycles. The van der Waals surface area contributed by atoms with Gasteiger partial charge in [0.15, 0.2) is 0 Å². The topological polar surface area (TPSA) is 95.8 Å². The lowest BCUT2D eigenvalue weighted by molar-refractivity contribution is 0.0265. The van der Waals surface area contributed by atoms with Gasteiger partial charge in [-0.3, -0.25) is 9.88 Å². The van der Waals surface area contributed by atoms with Crippen molar-refractivity contribution >= 4 is 17.9 Å². The van der Waals surface area contributed by atoms with Gasteiger partial charge in [-0.1, -0.05) is 6.07 Å². The first-order chi connectivity index (χ1) is 16.9. The summed E-state index contributed by atoms with van der Waals surface area (Å²) in [5.41, 5.74) is -0.907. The minimum atomic E-state index is -0.842. The second kappa shape index (κ2) is 8.15. The van der Waals surface area contributed by atoms with Crippen molar-refractivity contribution in [2.24, 2.45) is 11.8 Å². The second-order valence-electron chi connectivity index (χ2n) is 10.6. The van der Waals surface area contributed by atoms with Gasteiger partial charge in [0, 0.05) is 36.7 Å². The molecule has 0 N–H and O–H groups in total. The molecule has 1 saturated carbocycles. The Morgan fingerprint density at radius 2 is 1.83 bits per heavy atom. The summed E-state index contributed by atoms with van der Waals surface area (Å²) in [4.78, 5) is 31.5. The number of nitriles is 1. The van der Waals surface area contributed by atoms with Crippen molar-refractivity contribution in [3.05, 3.63) is 47.8 Å². The van der Waals surface area contributed by atoms with Crippen LogP contribution >= 0.6 is 0 Å². The van der Waals surface area contributed by atoms with Crippen LogP contribution in [0.1, 0.15) is 33.4 Å². The highest BCUT2D eigenvalue weighted by Gasteiger charge is 2.71. The number of hydrogen-bond donors (Lipinski definition) is 0. The Morgan fingerprint density at radius 1 is 1.19 bits per heavy atom. The van der Waals surface area contributed by atoms with E-state index in [1.54, 1.807) is 38.7 Å². The molecule has 3 fully saturated rings. The maximum Gasteiger partial charge on any atom is 0.414 e. The maximum absolute atomic E-state index is 15.0. The molecule has 3 heterocycles. The molecule has 5 rings (SSSR count). The van der Waals surface area contributed by atoms with Crippen LogP contribution in [0.25, 0.3) is 11.1 Å². The summed E-state index contributed by atoms with van der Waals surface area (Å²) < 4.78 is 40.4. The third-order valence-electron chi connectivity index (χ3n) is 6.99. The number of carbonyl (C=O) groups excluding carboxylic acids is 2. The third-order valence-corrected chi connectivity index (χ3v) is 6.99. The van der Waals surface area contributed by atoms with Gasteiger partial charge in [0.2, 0.25) is 0 Å². The molecule has 1 aromatic heterocycles. The third kappa shape index (κ3) is 3.83. The van der Waals surface area contributed by atoms with Crippen LogP contribution in [0.3, 0.4) is 0 Å². The molecule has 0 bridgehead atoms. The predicted molar refractivity (Wildman–Crippen MR) is 125 cm³/mol. The van der Waals surface area contributed by atoms with E-state index in [-0.39, 0.29) is 41.3 Å². The summed E-state index contributed by atoms with van der Waals surface area (Å²) in [6, 6.07) is 7.71. The van der Waals surface area contributed by atoms with Crippen molar-refractivity contribution in [1.29, 1.82) is 5.26 Å². The van der Waals surface area contributed by atoms with Crippen LogP contribution in [0, 0.1) is 34.8 Å². The molecule has 1 aromatic carbocycles. The molecule has 4 atom stereocenters. The van der Waals surface area contributed by atoms with Gasteiger partial charge < -0.3 is 14.4 Å². The number of benzene rings is 1. The molecule has 0 radical (unpaired) electrons. The minimum absolute atomic E-state index is 0.0799. The molecule has 2 aromatic rings. The van der Waals surface area contributed by atoms with Crippen LogP contribution in [-0.2, 0) is 14.9 Å². The van der Waals surface area contributed by atoms with Crippen LogP contribution in [0.2, 0.25) is 0 Å². The maximum atomic E-state index is 15.0. The molecule has 3 aliphatic rings. The molecule has 8 nitrogen and oxygen atoms in total. The lowest BCUT2D eigenvalue weighted by Gasteiger charge is -2.27. The predicted octanol–water partition coefficient (Wildman–Crippen LogP) is 4.63. The van der Waals surface area contributed by atoms with E-state index in [0.29, 0.717) is 18.8 Å². The van der Waals surface area contributed by atoms with E-state index in [4.69, 9.17) is 9.47 Å². The van der Waals surface area contributed by atoms with Crippen molar-refractivity contribution in [2.45, 2.75) is 44.8 Å². The number of carbonyl (C=O) groups is 2. The average Bonchev–Trinajstić information content (AvgIpc) is 3.06. The van der Waals surface area contributed by atoms with Gasteiger partial charge >= 0.3 is 12.2 Å². The van der Waals surface area contributed by atoms with Crippen molar-refractivity contribution in [3.63, 3.8) is 0 Å². The Bertz CT molecular complexity index is 1250. The summed E-state index contributed by atoms with van der Waals surface area (Å²) in [6.07, 6.45) is -0.0785. The number of ether oxygens (including phenoxy) is 2. The highest BCUT2D eigenvalue weighted by atomic mass is 19.1. The van der Waals surface area contributed by atoms with Crippen LogP contribution in [0.5, 0.6) is 0 Å². The molecule has 2 aliphatic heterocycles. The van der Waals surface area contributed by atoms with Crippen molar-refractivity contribution < 1.29 is 27.8 Å². The Labute approximate surface area is 207 Å². The highest BCUT2D eigenvalue weighted by molar-refractivity contribution is 5.90. The van der Waals surface area contributed by atoms with E-state index in [1.807, 2.05) is 0 Å². The molecule has 0 spiro atoms. The van der Waals surface area contributed by atoms with E-state index in [1.165, 1.54) is 17.2 Å². The van der Waals surface area contributed by atoms with Crippen molar-refractivity contribution in [3.8, 4) is 17.2 Å². The zero-order valence-electron chi connectivity index (χ0n) is 20.4. The largest absolute Gasteiger partial charge is 0.444 e. The molecule has 1 unspecified atom stereocenters. The quantitative estimate of drug-likeness (QED) is 0.615. The van der Waals surface area contributed by atoms with Crippen molar-refractivity contribution in [2.75, 3.05) is 24.5 Å². The van der Waals surface area contributed by atoms with Gasteiger partial charge in [-0.05, 0) is 45.9 Å². The van der Waals surface area contributed by atoms with Crippen molar-refractivity contribution in [1.82, 2.24) is 9.88 Å². The molecule has 10 heteroatoms. The summed E-state index contributed by atoms with van der Waals surface area (Å²) in [7, 11) is 0. The zero-order valence-corrected chi connectivity index (χ0v) is 20.4. The fourth-order valence-corrected chi connectivity index (χ4v) is 5.30. The monoisotopic (exact) mass is 496 g/mol. The number of hydrogen-bond acceptors (Lipinski definition) is 6. The number of likely N-dealkylation sites (tertiary alicyclic amines) is 1. The first kappa shape index (κ1) is 24.0. The van der Waals surface area contributed by atoms with Crippen LogP contribution in [0.4, 0.5) is 24.1 Å². The first-order valence-corrected chi connectivity index (χ1v) is 11.8. The number of pyridine rings is 1. The summed E-state index contributed by atoms with van der Waals surface area (Å²) in [5.74, 6) is -1.83. The van der Waals surface area contributed by atoms with Gasteiger partial charge in [0.05, 0.1) is 29.6 Å². The smallest absolute Gasteiger partial charge is 0.414 e. The Morgan fingerprint density at radius 3 is 2.31 bits per heavy atom. The lowest BCUT2D eigenvalue weighted by atomic mass is 9.95. The molecular formula is C26H26F2N4O4. The van der Waals surface area contributed by atoms with Crippen LogP contribution < -0.4 is 4.90 Å². The van der Waals surface area contributed by atoms with Crippen LogP contribution in [0.15, 0.2) is 30.5 Å². The van der Waals surface area contributed by atoms with Gasteiger partial charge in [0.1, 0.15) is 28.8 Å². The highest BCUT2D eigenvalue weighted by Crippen LogP contribution is 2.62.